The van der Waals surface area contributed by atoms with Crippen LogP contribution < -0.4 is 14.8 Å². The number of ether oxygens (including phenoxy) is 1. The number of nitrogens with one attached hydrogen (secondary N) is 2. The maximum Gasteiger partial charge on any atom is 0.261 e. The molecule has 1 amide bonds. The number of anilines is 2. The quantitative estimate of drug-likeness (QED) is 0.531. The van der Waals surface area contributed by atoms with Crippen molar-refractivity contribution >= 4 is 38.9 Å². The van der Waals surface area contributed by atoms with E-state index >= 15 is 0 Å². The van der Waals surface area contributed by atoms with Gasteiger partial charge in [-0.25, -0.2) is 8.42 Å². The van der Waals surface area contributed by atoms with Gasteiger partial charge in [-0.1, -0.05) is 23.7 Å². The second-order valence-corrected chi connectivity index (χ2v) is 8.65. The lowest BCUT2D eigenvalue weighted by Gasteiger charge is -2.14. The summed E-state index contributed by atoms with van der Waals surface area (Å²) in [5.74, 6) is -0.0388. The molecule has 8 heteroatoms. The van der Waals surface area contributed by atoms with Crippen LogP contribution in [0.4, 0.5) is 11.4 Å². The van der Waals surface area contributed by atoms with Crippen LogP contribution in [-0.2, 0) is 10.0 Å². The Labute approximate surface area is 180 Å². The molecule has 0 aliphatic rings. The van der Waals surface area contributed by atoms with Gasteiger partial charge in [0.15, 0.2) is 0 Å². The van der Waals surface area contributed by atoms with Crippen molar-refractivity contribution < 1.29 is 17.9 Å². The normalized spacial score (nSPS) is 11.0. The van der Waals surface area contributed by atoms with E-state index in [1.807, 2.05) is 13.0 Å². The van der Waals surface area contributed by atoms with Crippen LogP contribution in [0, 0.1) is 6.92 Å². The maximum absolute atomic E-state index is 12.8. The Kier molecular flexibility index (Phi) is 6.64. The van der Waals surface area contributed by atoms with Crippen molar-refractivity contribution in [2.75, 3.05) is 16.6 Å². The molecule has 0 saturated carbocycles. The van der Waals surface area contributed by atoms with Crippen molar-refractivity contribution in [1.29, 1.82) is 0 Å². The number of sulfonamides is 1. The summed E-state index contributed by atoms with van der Waals surface area (Å²) in [5, 5.41) is 3.23. The number of aryl methyl sites for hydroxylation is 1. The van der Waals surface area contributed by atoms with Crippen LogP contribution in [0.1, 0.15) is 22.8 Å². The zero-order valence-corrected chi connectivity index (χ0v) is 18.0. The van der Waals surface area contributed by atoms with Gasteiger partial charge >= 0.3 is 0 Å². The highest BCUT2D eigenvalue weighted by Gasteiger charge is 2.18. The van der Waals surface area contributed by atoms with Crippen LogP contribution in [-0.4, -0.2) is 20.9 Å². The molecule has 156 valence electrons. The van der Waals surface area contributed by atoms with Gasteiger partial charge in [0.2, 0.25) is 0 Å². The fourth-order valence-electron chi connectivity index (χ4n) is 2.77. The first-order valence-electron chi connectivity index (χ1n) is 9.22. The van der Waals surface area contributed by atoms with E-state index in [-0.39, 0.29) is 10.6 Å². The molecule has 0 saturated heterocycles. The molecule has 30 heavy (non-hydrogen) atoms. The SMILES string of the molecule is CCOc1ccc(S(=O)(=O)Nc2cccc(C)c2)cc1NC(=O)c1ccc(Cl)cc1. The predicted molar refractivity (Wildman–Crippen MR) is 119 cm³/mol. The van der Waals surface area contributed by atoms with Gasteiger partial charge in [-0.3, -0.25) is 9.52 Å². The Morgan fingerprint density at radius 2 is 1.77 bits per heavy atom. The second kappa shape index (κ2) is 9.19. The summed E-state index contributed by atoms with van der Waals surface area (Å²) in [4.78, 5) is 12.6. The standard InChI is InChI=1S/C22H21ClN2O4S/c1-3-29-21-12-11-19(30(27,28)25-18-6-4-5-15(2)13-18)14-20(21)24-22(26)16-7-9-17(23)10-8-16/h4-14,25H,3H2,1-2H3,(H,24,26). The van der Waals surface area contributed by atoms with Gasteiger partial charge in [0.1, 0.15) is 5.75 Å². The first kappa shape index (κ1) is 21.7. The van der Waals surface area contributed by atoms with Gasteiger partial charge in [0.25, 0.3) is 15.9 Å². The van der Waals surface area contributed by atoms with Crippen molar-refractivity contribution in [3.8, 4) is 5.75 Å². The number of rotatable bonds is 7. The van der Waals surface area contributed by atoms with E-state index in [0.717, 1.165) is 5.56 Å². The lowest BCUT2D eigenvalue weighted by atomic mass is 10.2. The summed E-state index contributed by atoms with van der Waals surface area (Å²) >= 11 is 5.86. The summed E-state index contributed by atoms with van der Waals surface area (Å²) in [6, 6.07) is 17.7. The third kappa shape index (κ3) is 5.31. The molecule has 3 aromatic carbocycles. The number of carbonyl (C=O) groups excluding carboxylic acids is 1. The van der Waals surface area contributed by atoms with Crippen LogP contribution in [0.25, 0.3) is 0 Å². The van der Waals surface area contributed by atoms with Crippen molar-refractivity contribution in [2.24, 2.45) is 0 Å². The van der Waals surface area contributed by atoms with Gasteiger partial charge in [-0.2, -0.15) is 0 Å². The van der Waals surface area contributed by atoms with Gasteiger partial charge < -0.3 is 10.1 Å². The molecule has 3 rings (SSSR count). The highest BCUT2D eigenvalue weighted by atomic mass is 35.5. The lowest BCUT2D eigenvalue weighted by molar-refractivity contribution is 0.102. The van der Waals surface area contributed by atoms with E-state index in [0.29, 0.717) is 28.6 Å². The number of hydrogen-bond acceptors (Lipinski definition) is 4. The van der Waals surface area contributed by atoms with Crippen LogP contribution >= 0.6 is 11.6 Å². The minimum atomic E-state index is -3.86. The fraction of sp³-hybridized carbons (Fsp3) is 0.136. The fourth-order valence-corrected chi connectivity index (χ4v) is 3.97. The third-order valence-electron chi connectivity index (χ3n) is 4.19. The molecule has 0 fully saturated rings. The monoisotopic (exact) mass is 444 g/mol. The molecule has 0 radical (unpaired) electrons. The lowest BCUT2D eigenvalue weighted by Crippen LogP contribution is -2.16. The Morgan fingerprint density at radius 1 is 1.03 bits per heavy atom. The Bertz CT molecular complexity index is 1160. The molecule has 0 aromatic heterocycles. The minimum Gasteiger partial charge on any atom is -0.492 e. The summed E-state index contributed by atoms with van der Waals surface area (Å²) < 4.78 is 33.8. The highest BCUT2D eigenvalue weighted by molar-refractivity contribution is 7.92. The number of halogens is 1. The molecule has 0 heterocycles. The zero-order valence-electron chi connectivity index (χ0n) is 16.5. The largest absolute Gasteiger partial charge is 0.492 e. The van der Waals surface area contributed by atoms with Crippen LogP contribution in [0.15, 0.2) is 71.6 Å². The van der Waals surface area contributed by atoms with Gasteiger partial charge in [0, 0.05) is 16.3 Å². The molecule has 3 aromatic rings. The molecule has 0 atom stereocenters. The topological polar surface area (TPSA) is 84.5 Å². The van der Waals surface area contributed by atoms with Gasteiger partial charge in [-0.15, -0.1) is 0 Å². The van der Waals surface area contributed by atoms with Crippen molar-refractivity contribution in [2.45, 2.75) is 18.7 Å². The van der Waals surface area contributed by atoms with Crippen LogP contribution in [0.3, 0.4) is 0 Å². The van der Waals surface area contributed by atoms with E-state index in [1.165, 1.54) is 18.2 Å². The number of benzene rings is 3. The molecule has 0 spiro atoms. The average molecular weight is 445 g/mol. The Hall–Kier alpha value is -3.03. The first-order valence-corrected chi connectivity index (χ1v) is 11.1. The summed E-state index contributed by atoms with van der Waals surface area (Å²) in [6.45, 7) is 4.03. The number of amides is 1. The smallest absolute Gasteiger partial charge is 0.261 e. The third-order valence-corrected chi connectivity index (χ3v) is 5.82. The van der Waals surface area contributed by atoms with E-state index in [2.05, 4.69) is 10.0 Å². The van der Waals surface area contributed by atoms with E-state index in [4.69, 9.17) is 16.3 Å². The van der Waals surface area contributed by atoms with E-state index in [1.54, 1.807) is 49.4 Å². The molecule has 2 N–H and O–H groups in total. The van der Waals surface area contributed by atoms with Crippen molar-refractivity contribution in [3.05, 3.63) is 82.9 Å². The molecule has 6 nitrogen and oxygen atoms in total. The van der Waals surface area contributed by atoms with Crippen LogP contribution in [0.5, 0.6) is 5.75 Å². The Balaban J connectivity index is 1.91. The Morgan fingerprint density at radius 3 is 2.43 bits per heavy atom. The molecule has 0 bridgehead atoms. The summed E-state index contributed by atoms with van der Waals surface area (Å²) in [6.07, 6.45) is 0. The number of hydrogen-bond donors (Lipinski definition) is 2. The van der Waals surface area contributed by atoms with E-state index in [9.17, 15) is 13.2 Å². The highest BCUT2D eigenvalue weighted by Crippen LogP contribution is 2.29. The summed E-state index contributed by atoms with van der Waals surface area (Å²) in [7, 11) is -3.86. The average Bonchev–Trinajstić information content (AvgIpc) is 2.69. The predicted octanol–water partition coefficient (Wildman–Crippen LogP) is 5.10. The van der Waals surface area contributed by atoms with Crippen LogP contribution in [0.2, 0.25) is 5.02 Å². The number of carbonyl (C=O) groups is 1. The summed E-state index contributed by atoms with van der Waals surface area (Å²) in [5.41, 5.74) is 2.02. The van der Waals surface area contributed by atoms with Gasteiger partial charge in [0.05, 0.1) is 17.2 Å². The second-order valence-electron chi connectivity index (χ2n) is 6.53. The zero-order chi connectivity index (χ0) is 21.7. The molecule has 0 aliphatic carbocycles. The van der Waals surface area contributed by atoms with Crippen molar-refractivity contribution in [3.63, 3.8) is 0 Å². The minimum absolute atomic E-state index is 0.00105. The van der Waals surface area contributed by atoms with E-state index < -0.39 is 15.9 Å². The molecule has 0 aliphatic heterocycles. The molecular formula is C22H21ClN2O4S. The maximum atomic E-state index is 12.8. The molecular weight excluding hydrogens is 424 g/mol. The van der Waals surface area contributed by atoms with Crippen molar-refractivity contribution in [1.82, 2.24) is 0 Å². The molecule has 0 unspecified atom stereocenters. The first-order chi connectivity index (χ1) is 14.3. The van der Waals surface area contributed by atoms with Gasteiger partial charge in [-0.05, 0) is 74.0 Å².